The largest absolute Gasteiger partial charge is 0.481 e. The Morgan fingerprint density at radius 3 is 2.17 bits per heavy atom. The van der Waals surface area contributed by atoms with Gasteiger partial charge in [0.15, 0.2) is 0 Å². The monoisotopic (exact) mass is 504 g/mol. The van der Waals surface area contributed by atoms with Gasteiger partial charge in [0.25, 0.3) is 0 Å². The summed E-state index contributed by atoms with van der Waals surface area (Å²) in [6.45, 7) is 12.9. The Labute approximate surface area is 216 Å². The van der Waals surface area contributed by atoms with Gasteiger partial charge in [-0.05, 0) is 84.9 Å². The van der Waals surface area contributed by atoms with E-state index < -0.39 is 35.1 Å². The van der Waals surface area contributed by atoms with E-state index in [9.17, 15) is 30.3 Å². The van der Waals surface area contributed by atoms with Crippen LogP contribution in [0, 0.1) is 50.2 Å². The maximum Gasteiger partial charge on any atom is 0.310 e. The van der Waals surface area contributed by atoms with Crippen molar-refractivity contribution in [3.63, 3.8) is 0 Å². The van der Waals surface area contributed by atoms with E-state index in [0.717, 1.165) is 31.3 Å². The smallest absolute Gasteiger partial charge is 0.310 e. The maximum atomic E-state index is 12.8. The van der Waals surface area contributed by atoms with Gasteiger partial charge in [-0.1, -0.05) is 53.2 Å². The molecule has 6 nitrogen and oxygen atoms in total. The highest BCUT2D eigenvalue weighted by atomic mass is 16.4. The zero-order chi connectivity index (χ0) is 26.7. The molecule has 0 amide bonds. The molecule has 0 aromatic heterocycles. The highest BCUT2D eigenvalue weighted by Crippen LogP contribution is 2.75. The van der Waals surface area contributed by atoms with E-state index in [-0.39, 0.29) is 46.0 Å². The molecule has 0 heterocycles. The number of carbonyl (C=O) groups is 1. The molecule has 204 valence electrons. The molecular formula is C30H48O6. The van der Waals surface area contributed by atoms with E-state index in [1.807, 2.05) is 6.92 Å². The number of carboxylic acids is 1. The molecule has 6 heteroatoms. The quantitative estimate of drug-likeness (QED) is 0.361. The van der Waals surface area contributed by atoms with E-state index in [4.69, 9.17) is 0 Å². The number of carboxylic acid groups (broad SMARTS) is 1. The van der Waals surface area contributed by atoms with Crippen molar-refractivity contribution >= 4 is 5.97 Å². The average Bonchev–Trinajstić information content (AvgIpc) is 2.80. The molecule has 5 rings (SSSR count). The van der Waals surface area contributed by atoms with Gasteiger partial charge in [0.1, 0.15) is 0 Å². The molecule has 4 fully saturated rings. The van der Waals surface area contributed by atoms with Crippen molar-refractivity contribution < 1.29 is 30.3 Å². The van der Waals surface area contributed by atoms with Gasteiger partial charge in [0.05, 0.1) is 30.3 Å². The minimum Gasteiger partial charge on any atom is -0.481 e. The minimum atomic E-state index is -0.944. The summed E-state index contributed by atoms with van der Waals surface area (Å²) in [4.78, 5) is 12.8. The molecule has 5 N–H and O–H groups in total. The lowest BCUT2D eigenvalue weighted by Gasteiger charge is -2.71. The summed E-state index contributed by atoms with van der Waals surface area (Å²) < 4.78 is 0. The maximum absolute atomic E-state index is 12.8. The van der Waals surface area contributed by atoms with Gasteiger partial charge in [0, 0.05) is 11.3 Å². The van der Waals surface area contributed by atoms with Gasteiger partial charge in [-0.2, -0.15) is 0 Å². The van der Waals surface area contributed by atoms with Crippen LogP contribution in [0.25, 0.3) is 0 Å². The number of rotatable bonds is 2. The van der Waals surface area contributed by atoms with Crippen LogP contribution >= 0.6 is 0 Å². The highest BCUT2D eigenvalue weighted by molar-refractivity contribution is 5.77. The standard InChI is InChI=1S/C30H48O6/c1-25(2)11-13-30(24(35)36)14-12-28(5)17(21(30)23(25)34)7-8-20-26(3)15-18(32)22(33)27(4,16-31)19(26)9-10-29(20,28)6/h7,18-23,31-34H,8-16H2,1-6H3,(H,35,36)/t18-,19-,20-,21-,22+,23+,26+,27+,28-,29-,30+/m1/s1. The van der Waals surface area contributed by atoms with Gasteiger partial charge < -0.3 is 25.5 Å². The fourth-order valence-corrected chi connectivity index (χ4v) is 10.8. The van der Waals surface area contributed by atoms with Crippen LogP contribution in [-0.2, 0) is 4.79 Å². The van der Waals surface area contributed by atoms with Gasteiger partial charge >= 0.3 is 5.97 Å². The molecule has 4 saturated carbocycles. The van der Waals surface area contributed by atoms with Crippen molar-refractivity contribution in [3.8, 4) is 0 Å². The summed E-state index contributed by atoms with van der Waals surface area (Å²) in [6, 6.07) is 0. The van der Waals surface area contributed by atoms with Crippen molar-refractivity contribution in [1.29, 1.82) is 0 Å². The van der Waals surface area contributed by atoms with Crippen molar-refractivity contribution in [2.45, 2.75) is 111 Å². The fraction of sp³-hybridized carbons (Fsp3) is 0.900. The number of hydrogen-bond donors (Lipinski definition) is 5. The number of fused-ring (bicyclic) bond motifs is 7. The first kappa shape index (κ1) is 26.6. The summed E-state index contributed by atoms with van der Waals surface area (Å²) in [7, 11) is 0. The normalized spacial score (nSPS) is 55.9. The van der Waals surface area contributed by atoms with E-state index in [1.165, 1.54) is 0 Å². The number of aliphatic carboxylic acids is 1. The second-order valence-corrected chi connectivity index (χ2v) is 15.0. The van der Waals surface area contributed by atoms with Crippen molar-refractivity contribution in [3.05, 3.63) is 11.6 Å². The third-order valence-corrected chi connectivity index (χ3v) is 13.4. The molecule has 0 aliphatic heterocycles. The third kappa shape index (κ3) is 2.96. The Morgan fingerprint density at radius 1 is 0.917 bits per heavy atom. The van der Waals surface area contributed by atoms with Crippen molar-refractivity contribution in [2.75, 3.05) is 6.61 Å². The molecule has 5 aliphatic rings. The first-order valence-electron chi connectivity index (χ1n) is 14.1. The topological polar surface area (TPSA) is 118 Å². The zero-order valence-electron chi connectivity index (χ0n) is 23.0. The molecule has 0 bridgehead atoms. The van der Waals surface area contributed by atoms with Gasteiger partial charge in [0.2, 0.25) is 0 Å². The lowest BCUT2D eigenvalue weighted by Crippen LogP contribution is -2.69. The first-order valence-corrected chi connectivity index (χ1v) is 14.1. The molecule has 0 aromatic carbocycles. The fourth-order valence-electron chi connectivity index (χ4n) is 10.8. The Morgan fingerprint density at radius 2 is 1.56 bits per heavy atom. The molecule has 11 atom stereocenters. The average molecular weight is 505 g/mol. The van der Waals surface area contributed by atoms with Gasteiger partial charge in [-0.25, -0.2) is 0 Å². The predicted molar refractivity (Wildman–Crippen MR) is 137 cm³/mol. The zero-order valence-corrected chi connectivity index (χ0v) is 23.0. The van der Waals surface area contributed by atoms with Crippen LogP contribution in [0.4, 0.5) is 0 Å². The Balaban J connectivity index is 1.63. The van der Waals surface area contributed by atoms with Crippen LogP contribution in [0.1, 0.15) is 92.9 Å². The van der Waals surface area contributed by atoms with Crippen LogP contribution in [0.15, 0.2) is 11.6 Å². The first-order chi connectivity index (χ1) is 16.5. The molecular weight excluding hydrogens is 456 g/mol. The molecule has 5 aliphatic carbocycles. The van der Waals surface area contributed by atoms with Gasteiger partial charge in [-0.15, -0.1) is 0 Å². The van der Waals surface area contributed by atoms with E-state index in [1.54, 1.807) is 0 Å². The highest BCUT2D eigenvalue weighted by Gasteiger charge is 2.71. The second kappa shape index (κ2) is 7.80. The van der Waals surface area contributed by atoms with Crippen LogP contribution < -0.4 is 0 Å². The molecule has 0 aromatic rings. The van der Waals surface area contributed by atoms with E-state index in [0.29, 0.717) is 25.7 Å². The third-order valence-electron chi connectivity index (χ3n) is 13.4. The SMILES string of the molecule is CC1(C)CC[C@]2(C(=O)O)CC[C@]3(C)C(=CC[C@@H]4[C@@]5(C)C[C@@H](O)[C@H](O)[C@@](C)(CO)[C@@H]5CC[C@]43C)[C@@H]2[C@@H]1O. The van der Waals surface area contributed by atoms with Crippen molar-refractivity contribution in [2.24, 2.45) is 50.2 Å². The number of allylic oxidation sites excluding steroid dienone is 1. The number of aliphatic hydroxyl groups excluding tert-OH is 4. The van der Waals surface area contributed by atoms with E-state index in [2.05, 4.69) is 40.7 Å². The van der Waals surface area contributed by atoms with Crippen LogP contribution in [0.3, 0.4) is 0 Å². The summed E-state index contributed by atoms with van der Waals surface area (Å²) >= 11 is 0. The summed E-state index contributed by atoms with van der Waals surface area (Å²) in [5.41, 5.74) is -1.50. The lowest BCUT2D eigenvalue weighted by atomic mass is 9.33. The molecule has 0 unspecified atom stereocenters. The van der Waals surface area contributed by atoms with Crippen LogP contribution in [0.5, 0.6) is 0 Å². The van der Waals surface area contributed by atoms with E-state index >= 15 is 0 Å². The van der Waals surface area contributed by atoms with Crippen LogP contribution in [0.2, 0.25) is 0 Å². The molecule has 0 spiro atoms. The van der Waals surface area contributed by atoms with Crippen molar-refractivity contribution in [1.82, 2.24) is 0 Å². The summed E-state index contributed by atoms with van der Waals surface area (Å²) in [6.07, 6.45) is 5.48. The molecule has 36 heavy (non-hydrogen) atoms. The number of aliphatic hydroxyl groups is 4. The number of hydrogen-bond acceptors (Lipinski definition) is 5. The van der Waals surface area contributed by atoms with Crippen LogP contribution in [-0.4, -0.2) is 56.4 Å². The minimum absolute atomic E-state index is 0.0888. The molecule has 0 saturated heterocycles. The summed E-state index contributed by atoms with van der Waals surface area (Å²) in [5.74, 6) is -0.833. The Hall–Kier alpha value is -0.950. The molecule has 0 radical (unpaired) electrons. The Bertz CT molecular complexity index is 974. The predicted octanol–water partition coefficient (Wildman–Crippen LogP) is 4.15. The second-order valence-electron chi connectivity index (χ2n) is 15.0. The van der Waals surface area contributed by atoms with Gasteiger partial charge in [-0.3, -0.25) is 4.79 Å². The lowest BCUT2D eigenvalue weighted by molar-refractivity contribution is -0.245. The summed E-state index contributed by atoms with van der Waals surface area (Å²) in [5, 5.41) is 54.5. The Kier molecular flexibility index (Phi) is 5.77.